The number of hydrogen-bond donors (Lipinski definition) is 2. The number of thioether (sulfide) groups is 1. The lowest BCUT2D eigenvalue weighted by molar-refractivity contribution is -0.309. The highest BCUT2D eigenvalue weighted by Gasteiger charge is 2.45. The van der Waals surface area contributed by atoms with Crippen LogP contribution in [0.1, 0.15) is 16.8 Å². The molecule has 2 atom stereocenters. The highest BCUT2D eigenvalue weighted by Crippen LogP contribution is 2.32. The molecule has 0 aromatic heterocycles. The molecular weight excluding hydrogens is 446 g/mol. The van der Waals surface area contributed by atoms with Crippen LogP contribution in [0.4, 0.5) is 5.69 Å². The summed E-state index contributed by atoms with van der Waals surface area (Å²) in [5.41, 5.74) is 2.63. The Morgan fingerprint density at radius 2 is 1.88 bits per heavy atom. The van der Waals surface area contributed by atoms with Crippen molar-refractivity contribution in [2.24, 2.45) is 0 Å². The molecule has 0 bridgehead atoms. The Balaban J connectivity index is 1.53. The first-order valence-corrected chi connectivity index (χ1v) is 11.6. The van der Waals surface area contributed by atoms with Crippen molar-refractivity contribution in [2.75, 3.05) is 31.3 Å². The van der Waals surface area contributed by atoms with Crippen LogP contribution >= 0.6 is 11.8 Å². The maximum atomic E-state index is 13.3. The monoisotopic (exact) mass is 468 g/mol. The maximum Gasteiger partial charge on any atom is 0.256 e. The molecule has 1 saturated heterocycles. The van der Waals surface area contributed by atoms with Gasteiger partial charge >= 0.3 is 0 Å². The Kier molecular flexibility index (Phi) is 6.66. The summed E-state index contributed by atoms with van der Waals surface area (Å²) in [6.07, 6.45) is 2.39. The van der Waals surface area contributed by atoms with Gasteiger partial charge in [-0.1, -0.05) is 18.2 Å². The van der Waals surface area contributed by atoms with Crippen LogP contribution in [0.15, 0.2) is 47.4 Å². The molecule has 0 spiro atoms. The van der Waals surface area contributed by atoms with E-state index in [0.717, 1.165) is 16.0 Å². The normalized spacial score (nSPS) is 19.4. The number of nitrogens with one attached hydrogen (secondary N) is 2. The minimum absolute atomic E-state index is 0.291. The molecule has 0 radical (unpaired) electrons. The first-order valence-electron chi connectivity index (χ1n) is 10.3. The van der Waals surface area contributed by atoms with Crippen molar-refractivity contribution in [3.8, 4) is 11.1 Å². The average Bonchev–Trinajstić information content (AvgIpc) is 3.18. The number of amides is 3. The van der Waals surface area contributed by atoms with E-state index in [4.69, 9.17) is 4.74 Å². The van der Waals surface area contributed by atoms with Gasteiger partial charge in [0.2, 0.25) is 11.8 Å². The maximum absolute atomic E-state index is 13.3. The van der Waals surface area contributed by atoms with Gasteiger partial charge in [0, 0.05) is 11.4 Å². The molecule has 2 N–H and O–H groups in total. The fourth-order valence-electron chi connectivity index (χ4n) is 4.13. The highest BCUT2D eigenvalue weighted by molar-refractivity contribution is 7.98. The van der Waals surface area contributed by atoms with Crippen molar-refractivity contribution in [1.29, 1.82) is 0 Å². The van der Waals surface area contributed by atoms with E-state index in [1.54, 1.807) is 23.9 Å². The molecule has 2 aromatic carbocycles. The van der Waals surface area contributed by atoms with Crippen LogP contribution < -0.4 is 15.7 Å². The summed E-state index contributed by atoms with van der Waals surface area (Å²) >= 11 is 1.64. The summed E-state index contributed by atoms with van der Waals surface area (Å²) in [4.78, 5) is 51.4. The van der Waals surface area contributed by atoms with Crippen molar-refractivity contribution in [3.05, 3.63) is 48.0 Å². The number of anilines is 1. The van der Waals surface area contributed by atoms with E-state index in [-0.39, 0.29) is 5.91 Å². The molecule has 0 aliphatic carbocycles. The standard InChI is InChI=1S/C23H23N3O6S/c1-33-15-5-2-13(3-6-15)14-4-7-17-16(10-14)23(31)26-9-8-18(21(26)22(30)25-17)24-19(27)11-32-12-20(28)29/h2-7,10,18,21H,8-9,11-12H2,1H3,(H,24,27)(H,25,30)(H,28,29)/p-1/t18-,21-/m0/s1. The predicted molar refractivity (Wildman–Crippen MR) is 119 cm³/mol. The number of benzene rings is 2. The third-order valence-electron chi connectivity index (χ3n) is 5.66. The minimum Gasteiger partial charge on any atom is -0.548 e. The quantitative estimate of drug-likeness (QED) is 0.566. The molecule has 4 rings (SSSR count). The zero-order chi connectivity index (χ0) is 23.5. The Morgan fingerprint density at radius 1 is 1.15 bits per heavy atom. The fraction of sp³-hybridized carbons (Fsp3) is 0.304. The molecule has 172 valence electrons. The molecule has 3 amide bonds. The van der Waals surface area contributed by atoms with E-state index >= 15 is 0 Å². The summed E-state index contributed by atoms with van der Waals surface area (Å²) in [7, 11) is 0. The van der Waals surface area contributed by atoms with Gasteiger partial charge in [0.15, 0.2) is 0 Å². The number of ether oxygens (including phenoxy) is 1. The molecule has 2 aliphatic rings. The van der Waals surface area contributed by atoms with Crippen LogP contribution in [-0.2, 0) is 19.1 Å². The summed E-state index contributed by atoms with van der Waals surface area (Å²) in [6, 6.07) is 11.8. The zero-order valence-electron chi connectivity index (χ0n) is 17.8. The third kappa shape index (κ3) is 4.86. The Labute approximate surface area is 194 Å². The molecule has 0 saturated carbocycles. The van der Waals surface area contributed by atoms with Crippen LogP contribution in [0.3, 0.4) is 0 Å². The molecule has 9 nitrogen and oxygen atoms in total. The van der Waals surface area contributed by atoms with Gasteiger partial charge < -0.3 is 30.2 Å². The number of carbonyl (C=O) groups is 4. The van der Waals surface area contributed by atoms with E-state index in [9.17, 15) is 24.3 Å². The summed E-state index contributed by atoms with van der Waals surface area (Å²) < 4.78 is 4.74. The second-order valence-electron chi connectivity index (χ2n) is 7.75. The number of hydrogen-bond acceptors (Lipinski definition) is 7. The lowest BCUT2D eigenvalue weighted by Gasteiger charge is -2.25. The lowest BCUT2D eigenvalue weighted by Crippen LogP contribution is -2.52. The first kappa shape index (κ1) is 22.8. The van der Waals surface area contributed by atoms with Crippen LogP contribution in [0.5, 0.6) is 0 Å². The Bertz CT molecular complexity index is 1100. The molecular formula is C23H22N3O6S-. The van der Waals surface area contributed by atoms with Gasteiger partial charge in [-0.25, -0.2) is 0 Å². The summed E-state index contributed by atoms with van der Waals surface area (Å²) in [6.45, 7) is -0.885. The van der Waals surface area contributed by atoms with E-state index in [1.165, 1.54) is 4.90 Å². The lowest BCUT2D eigenvalue weighted by atomic mass is 10.0. The van der Waals surface area contributed by atoms with Crippen molar-refractivity contribution >= 4 is 41.1 Å². The van der Waals surface area contributed by atoms with Crippen molar-refractivity contribution < 1.29 is 29.0 Å². The van der Waals surface area contributed by atoms with E-state index in [0.29, 0.717) is 24.2 Å². The van der Waals surface area contributed by atoms with Gasteiger partial charge in [-0.05, 0) is 48.1 Å². The third-order valence-corrected chi connectivity index (χ3v) is 6.40. The highest BCUT2D eigenvalue weighted by atomic mass is 32.2. The van der Waals surface area contributed by atoms with Gasteiger partial charge in [0.1, 0.15) is 12.6 Å². The predicted octanol–water partition coefficient (Wildman–Crippen LogP) is 0.493. The van der Waals surface area contributed by atoms with Gasteiger partial charge in [-0.2, -0.15) is 0 Å². The van der Waals surface area contributed by atoms with Crippen LogP contribution in [0.2, 0.25) is 0 Å². The molecule has 1 fully saturated rings. The van der Waals surface area contributed by atoms with Crippen molar-refractivity contribution in [3.63, 3.8) is 0 Å². The van der Waals surface area contributed by atoms with Gasteiger partial charge in [0.25, 0.3) is 5.91 Å². The van der Waals surface area contributed by atoms with Gasteiger partial charge in [0.05, 0.1) is 29.9 Å². The number of rotatable bonds is 7. The minimum atomic E-state index is -1.43. The van der Waals surface area contributed by atoms with Crippen molar-refractivity contribution in [1.82, 2.24) is 10.2 Å². The largest absolute Gasteiger partial charge is 0.548 e. The molecule has 2 aliphatic heterocycles. The summed E-state index contributed by atoms with van der Waals surface area (Å²) in [5.74, 6) is -2.68. The fourth-order valence-corrected chi connectivity index (χ4v) is 4.53. The second-order valence-corrected chi connectivity index (χ2v) is 8.63. The van der Waals surface area contributed by atoms with Crippen molar-refractivity contribution in [2.45, 2.75) is 23.4 Å². The van der Waals surface area contributed by atoms with Crippen LogP contribution in [-0.4, -0.2) is 66.7 Å². The smallest absolute Gasteiger partial charge is 0.256 e. The van der Waals surface area contributed by atoms with Gasteiger partial charge in [-0.3, -0.25) is 14.4 Å². The van der Waals surface area contributed by atoms with Crippen LogP contribution in [0, 0.1) is 0 Å². The Hall–Kier alpha value is -3.37. The van der Waals surface area contributed by atoms with Crippen LogP contribution in [0.25, 0.3) is 11.1 Å². The number of nitrogens with zero attached hydrogens (tertiary/aromatic N) is 1. The first-order chi connectivity index (χ1) is 15.9. The molecule has 10 heteroatoms. The SMILES string of the molecule is CSc1ccc(-c2ccc3c(c2)C(=O)N2CC[C@H](NC(=O)COCC(=O)[O-])[C@H]2C(=O)N3)cc1. The molecule has 2 heterocycles. The number of carboxylic acid groups (broad SMARTS) is 1. The Morgan fingerprint density at radius 3 is 2.58 bits per heavy atom. The zero-order valence-corrected chi connectivity index (χ0v) is 18.6. The second kappa shape index (κ2) is 9.63. The van der Waals surface area contributed by atoms with E-state index in [1.807, 2.05) is 36.6 Å². The number of fused-ring (bicyclic) bond motifs is 2. The number of carbonyl (C=O) groups excluding carboxylic acids is 4. The molecule has 33 heavy (non-hydrogen) atoms. The average molecular weight is 469 g/mol. The summed E-state index contributed by atoms with van der Waals surface area (Å²) in [5, 5.41) is 15.9. The van der Waals surface area contributed by atoms with Gasteiger partial charge in [-0.15, -0.1) is 11.8 Å². The number of carboxylic acids is 1. The number of aliphatic carboxylic acids is 1. The van der Waals surface area contributed by atoms with E-state index in [2.05, 4.69) is 10.6 Å². The van der Waals surface area contributed by atoms with E-state index < -0.39 is 43.1 Å². The molecule has 2 aromatic rings. The molecule has 0 unspecified atom stereocenters. The topological polar surface area (TPSA) is 128 Å².